The Labute approximate surface area is 127 Å². The first-order chi connectivity index (χ1) is 9.97. The van der Waals surface area contributed by atoms with Crippen LogP contribution < -0.4 is 5.32 Å². The van der Waals surface area contributed by atoms with Gasteiger partial charge in [-0.2, -0.15) is 0 Å². The molecule has 0 bridgehead atoms. The van der Waals surface area contributed by atoms with Gasteiger partial charge in [-0.3, -0.25) is 4.79 Å². The summed E-state index contributed by atoms with van der Waals surface area (Å²) < 4.78 is 0. The molecule has 0 fully saturated rings. The van der Waals surface area contributed by atoms with Crippen LogP contribution >= 0.6 is 11.6 Å². The Morgan fingerprint density at radius 2 is 1.71 bits per heavy atom. The predicted octanol–water partition coefficient (Wildman–Crippen LogP) is 3.28. The molecule has 0 atom stereocenters. The summed E-state index contributed by atoms with van der Waals surface area (Å²) in [4.78, 5) is 22.7. The van der Waals surface area contributed by atoms with Gasteiger partial charge in [0.05, 0.1) is 5.56 Å². The van der Waals surface area contributed by atoms with Gasteiger partial charge in [0.1, 0.15) is 0 Å². The third-order valence-electron chi connectivity index (χ3n) is 3.09. The van der Waals surface area contributed by atoms with E-state index in [1.807, 2.05) is 6.92 Å². The number of rotatable bonds is 4. The number of hydrogen-bond donors (Lipinski definition) is 2. The van der Waals surface area contributed by atoms with Gasteiger partial charge in [-0.05, 0) is 42.3 Å². The summed E-state index contributed by atoms with van der Waals surface area (Å²) in [6, 6.07) is 11.5. The van der Waals surface area contributed by atoms with Crippen LogP contribution in [0.15, 0.2) is 42.5 Å². The number of aryl methyl sites for hydroxylation is 1. The normalized spacial score (nSPS) is 10.2. The maximum atomic E-state index is 12.0. The number of hydrogen-bond acceptors (Lipinski definition) is 2. The van der Waals surface area contributed by atoms with Crippen molar-refractivity contribution < 1.29 is 14.7 Å². The molecular formula is C16H14ClNO3. The van der Waals surface area contributed by atoms with Crippen LogP contribution in [0.5, 0.6) is 0 Å². The van der Waals surface area contributed by atoms with E-state index in [1.54, 1.807) is 30.3 Å². The first kappa shape index (κ1) is 15.1. The highest BCUT2D eigenvalue weighted by Crippen LogP contribution is 2.16. The Balaban J connectivity index is 2.00. The van der Waals surface area contributed by atoms with Crippen molar-refractivity contribution in [1.82, 2.24) is 5.32 Å². The molecule has 0 aliphatic rings. The average Bonchev–Trinajstić information content (AvgIpc) is 2.48. The minimum atomic E-state index is -0.972. The zero-order valence-electron chi connectivity index (χ0n) is 11.4. The fourth-order valence-electron chi connectivity index (χ4n) is 1.78. The summed E-state index contributed by atoms with van der Waals surface area (Å²) in [6.07, 6.45) is 0. The van der Waals surface area contributed by atoms with Crippen LogP contribution in [0.4, 0.5) is 0 Å². The van der Waals surface area contributed by atoms with Gasteiger partial charge < -0.3 is 10.4 Å². The van der Waals surface area contributed by atoms with Crippen LogP contribution in [-0.4, -0.2) is 17.0 Å². The SMILES string of the molecule is Cc1ccc(C(=O)NCc2ccc(C(=O)O)cc2)cc1Cl. The predicted molar refractivity (Wildman–Crippen MR) is 80.8 cm³/mol. The van der Waals surface area contributed by atoms with E-state index >= 15 is 0 Å². The molecule has 0 saturated heterocycles. The fraction of sp³-hybridized carbons (Fsp3) is 0.125. The maximum Gasteiger partial charge on any atom is 0.335 e. The molecule has 2 aromatic rings. The minimum absolute atomic E-state index is 0.218. The summed E-state index contributed by atoms with van der Waals surface area (Å²) in [6.45, 7) is 2.19. The van der Waals surface area contributed by atoms with Gasteiger partial charge in [-0.15, -0.1) is 0 Å². The molecule has 0 spiro atoms. The first-order valence-corrected chi connectivity index (χ1v) is 6.72. The molecule has 0 aliphatic carbocycles. The van der Waals surface area contributed by atoms with Crippen LogP contribution in [-0.2, 0) is 6.54 Å². The van der Waals surface area contributed by atoms with E-state index in [1.165, 1.54) is 12.1 Å². The van der Waals surface area contributed by atoms with Crippen LogP contribution in [0.3, 0.4) is 0 Å². The van der Waals surface area contributed by atoms with E-state index in [0.29, 0.717) is 17.1 Å². The Morgan fingerprint density at radius 3 is 2.29 bits per heavy atom. The van der Waals surface area contributed by atoms with Crippen molar-refractivity contribution in [2.45, 2.75) is 13.5 Å². The molecule has 1 amide bonds. The van der Waals surface area contributed by atoms with Crippen LogP contribution in [0.1, 0.15) is 31.8 Å². The van der Waals surface area contributed by atoms with E-state index in [-0.39, 0.29) is 11.5 Å². The van der Waals surface area contributed by atoms with Gasteiger partial charge in [0, 0.05) is 17.1 Å². The van der Waals surface area contributed by atoms with Gasteiger partial charge in [0.25, 0.3) is 5.91 Å². The Hall–Kier alpha value is -2.33. The second kappa shape index (κ2) is 6.41. The molecule has 0 saturated carbocycles. The Bertz CT molecular complexity index is 680. The summed E-state index contributed by atoms with van der Waals surface area (Å²) in [5.74, 6) is -1.20. The quantitative estimate of drug-likeness (QED) is 0.911. The number of carbonyl (C=O) groups is 2. The zero-order valence-corrected chi connectivity index (χ0v) is 12.1. The number of carboxylic acid groups (broad SMARTS) is 1. The van der Waals surface area contributed by atoms with Crippen molar-refractivity contribution in [2.24, 2.45) is 0 Å². The van der Waals surface area contributed by atoms with Crippen LogP contribution in [0.25, 0.3) is 0 Å². The molecule has 2 rings (SSSR count). The zero-order chi connectivity index (χ0) is 15.4. The van der Waals surface area contributed by atoms with Gasteiger partial charge in [-0.25, -0.2) is 4.79 Å². The highest BCUT2D eigenvalue weighted by atomic mass is 35.5. The highest BCUT2D eigenvalue weighted by molar-refractivity contribution is 6.31. The van der Waals surface area contributed by atoms with E-state index < -0.39 is 5.97 Å². The molecule has 2 N–H and O–H groups in total. The van der Waals surface area contributed by atoms with Crippen molar-refractivity contribution in [1.29, 1.82) is 0 Å². The van der Waals surface area contributed by atoms with E-state index in [0.717, 1.165) is 11.1 Å². The summed E-state index contributed by atoms with van der Waals surface area (Å²) >= 11 is 5.99. The topological polar surface area (TPSA) is 66.4 Å². The maximum absolute atomic E-state index is 12.0. The number of amides is 1. The Morgan fingerprint density at radius 1 is 1.10 bits per heavy atom. The smallest absolute Gasteiger partial charge is 0.335 e. The number of aromatic carboxylic acids is 1. The van der Waals surface area contributed by atoms with Crippen molar-refractivity contribution in [3.05, 3.63) is 69.7 Å². The van der Waals surface area contributed by atoms with Gasteiger partial charge in [0.15, 0.2) is 0 Å². The van der Waals surface area contributed by atoms with E-state index in [2.05, 4.69) is 5.32 Å². The van der Waals surface area contributed by atoms with Crippen LogP contribution in [0.2, 0.25) is 5.02 Å². The van der Waals surface area contributed by atoms with Gasteiger partial charge in [0.2, 0.25) is 0 Å². The lowest BCUT2D eigenvalue weighted by Gasteiger charge is -2.07. The number of benzene rings is 2. The summed E-state index contributed by atoms with van der Waals surface area (Å²) in [5, 5.41) is 12.1. The van der Waals surface area contributed by atoms with Crippen molar-refractivity contribution in [2.75, 3.05) is 0 Å². The molecular weight excluding hydrogens is 290 g/mol. The van der Waals surface area contributed by atoms with Crippen LogP contribution in [0, 0.1) is 6.92 Å². The lowest BCUT2D eigenvalue weighted by Crippen LogP contribution is -2.22. The second-order valence-corrected chi connectivity index (χ2v) is 5.06. The number of carboxylic acids is 1. The standard InChI is InChI=1S/C16H14ClNO3/c1-10-2-5-13(8-14(10)17)15(19)18-9-11-3-6-12(7-4-11)16(20)21/h2-8H,9H2,1H3,(H,18,19)(H,20,21). The molecule has 0 heterocycles. The number of carbonyl (C=O) groups excluding carboxylic acids is 1. The lowest BCUT2D eigenvalue weighted by molar-refractivity contribution is 0.0696. The molecule has 4 nitrogen and oxygen atoms in total. The number of nitrogens with one attached hydrogen (secondary N) is 1. The fourth-order valence-corrected chi connectivity index (χ4v) is 1.96. The molecule has 2 aromatic carbocycles. The van der Waals surface area contributed by atoms with Gasteiger partial charge in [-0.1, -0.05) is 29.8 Å². The van der Waals surface area contributed by atoms with Crippen molar-refractivity contribution in [3.8, 4) is 0 Å². The monoisotopic (exact) mass is 303 g/mol. The first-order valence-electron chi connectivity index (χ1n) is 6.34. The molecule has 0 aromatic heterocycles. The molecule has 108 valence electrons. The lowest BCUT2D eigenvalue weighted by atomic mass is 10.1. The summed E-state index contributed by atoms with van der Waals surface area (Å²) in [5.41, 5.74) is 2.45. The minimum Gasteiger partial charge on any atom is -0.478 e. The van der Waals surface area contributed by atoms with E-state index in [4.69, 9.17) is 16.7 Å². The molecule has 0 radical (unpaired) electrons. The third-order valence-corrected chi connectivity index (χ3v) is 3.50. The van der Waals surface area contributed by atoms with Crippen molar-refractivity contribution >= 4 is 23.5 Å². The molecule has 5 heteroatoms. The largest absolute Gasteiger partial charge is 0.478 e. The number of halogens is 1. The molecule has 0 aliphatic heterocycles. The third kappa shape index (κ3) is 3.83. The Kier molecular flexibility index (Phi) is 4.60. The highest BCUT2D eigenvalue weighted by Gasteiger charge is 2.07. The van der Waals surface area contributed by atoms with E-state index in [9.17, 15) is 9.59 Å². The summed E-state index contributed by atoms with van der Waals surface area (Å²) in [7, 11) is 0. The average molecular weight is 304 g/mol. The van der Waals surface area contributed by atoms with Crippen molar-refractivity contribution in [3.63, 3.8) is 0 Å². The second-order valence-electron chi connectivity index (χ2n) is 4.65. The molecule has 21 heavy (non-hydrogen) atoms. The van der Waals surface area contributed by atoms with Gasteiger partial charge >= 0.3 is 5.97 Å². The molecule has 0 unspecified atom stereocenters.